The number of nitrogens with zero attached hydrogens (tertiary/aromatic N) is 2. The van der Waals surface area contributed by atoms with Crippen molar-refractivity contribution in [1.29, 1.82) is 0 Å². The van der Waals surface area contributed by atoms with Crippen LogP contribution in [0.3, 0.4) is 0 Å². The van der Waals surface area contributed by atoms with Gasteiger partial charge in [-0.3, -0.25) is 10.1 Å². The number of piperidine rings is 1. The maximum atomic E-state index is 11.4. The largest absolute Gasteiger partial charge is 0.382 e. The monoisotopic (exact) mass is 313 g/mol. The molecule has 0 radical (unpaired) electrons. The summed E-state index contributed by atoms with van der Waals surface area (Å²) in [7, 11) is -3.11. The molecule has 1 aliphatic rings. The van der Waals surface area contributed by atoms with E-state index in [1.54, 1.807) is 19.1 Å². The smallest absolute Gasteiger partial charge is 0.272 e. The van der Waals surface area contributed by atoms with Gasteiger partial charge in [0.1, 0.15) is 0 Å². The van der Waals surface area contributed by atoms with Crippen LogP contribution in [0.15, 0.2) is 18.2 Å². The summed E-state index contributed by atoms with van der Waals surface area (Å²) in [6.45, 7) is 2.71. The van der Waals surface area contributed by atoms with Crippen molar-refractivity contribution in [2.75, 3.05) is 24.7 Å². The van der Waals surface area contributed by atoms with Crippen LogP contribution in [0.4, 0.5) is 11.4 Å². The highest BCUT2D eigenvalue weighted by molar-refractivity contribution is 7.88. The van der Waals surface area contributed by atoms with Gasteiger partial charge in [-0.1, -0.05) is 0 Å². The van der Waals surface area contributed by atoms with Gasteiger partial charge in [0, 0.05) is 36.4 Å². The Labute approximate surface area is 124 Å². The van der Waals surface area contributed by atoms with E-state index < -0.39 is 14.9 Å². The van der Waals surface area contributed by atoms with Gasteiger partial charge in [-0.25, -0.2) is 12.7 Å². The molecule has 0 spiro atoms. The molecular formula is C13H19N3O4S. The molecule has 116 valence electrons. The highest BCUT2D eigenvalue weighted by Gasteiger charge is 2.24. The van der Waals surface area contributed by atoms with Gasteiger partial charge in [-0.2, -0.15) is 0 Å². The van der Waals surface area contributed by atoms with Crippen molar-refractivity contribution >= 4 is 21.4 Å². The lowest BCUT2D eigenvalue weighted by atomic mass is 10.1. The van der Waals surface area contributed by atoms with E-state index in [-0.39, 0.29) is 11.7 Å². The van der Waals surface area contributed by atoms with Crippen molar-refractivity contribution in [1.82, 2.24) is 4.31 Å². The van der Waals surface area contributed by atoms with Gasteiger partial charge in [0.15, 0.2) is 0 Å². The standard InChI is InChI=1S/C13H19N3O4S/c1-10-9-12(3-4-13(10)16(17)18)14-11-5-7-15(8-6-11)21(2,19)20/h3-4,9,11,14H,5-8H2,1-2H3. The fourth-order valence-electron chi connectivity index (χ4n) is 2.52. The molecule has 1 fully saturated rings. The maximum Gasteiger partial charge on any atom is 0.272 e. The summed E-state index contributed by atoms with van der Waals surface area (Å²) in [5.41, 5.74) is 1.54. The van der Waals surface area contributed by atoms with E-state index in [1.165, 1.54) is 16.6 Å². The molecule has 21 heavy (non-hydrogen) atoms. The Balaban J connectivity index is 1.98. The number of sulfonamides is 1. The van der Waals surface area contributed by atoms with Crippen LogP contribution in [0.1, 0.15) is 18.4 Å². The molecule has 1 aromatic carbocycles. The zero-order valence-corrected chi connectivity index (χ0v) is 12.9. The fraction of sp³-hybridized carbons (Fsp3) is 0.538. The third kappa shape index (κ3) is 3.92. The van der Waals surface area contributed by atoms with Gasteiger partial charge in [-0.15, -0.1) is 0 Å². The molecular weight excluding hydrogens is 294 g/mol. The topological polar surface area (TPSA) is 92.6 Å². The van der Waals surface area contributed by atoms with Gasteiger partial charge in [-0.05, 0) is 31.9 Å². The summed E-state index contributed by atoms with van der Waals surface area (Å²) < 4.78 is 24.4. The van der Waals surface area contributed by atoms with E-state index in [1.807, 2.05) is 0 Å². The normalized spacial score (nSPS) is 17.6. The Morgan fingerprint density at radius 1 is 1.33 bits per heavy atom. The third-order valence-electron chi connectivity index (χ3n) is 3.69. The summed E-state index contributed by atoms with van der Waals surface area (Å²) in [5.74, 6) is 0. The molecule has 0 atom stereocenters. The molecule has 1 aliphatic heterocycles. The first-order chi connectivity index (χ1) is 9.77. The first kappa shape index (κ1) is 15.7. The molecule has 0 aliphatic carbocycles. The van der Waals surface area contributed by atoms with Crippen LogP contribution in [0.5, 0.6) is 0 Å². The molecule has 0 amide bonds. The number of anilines is 1. The first-order valence-corrected chi connectivity index (χ1v) is 8.59. The summed E-state index contributed by atoms with van der Waals surface area (Å²) in [6.07, 6.45) is 2.67. The summed E-state index contributed by atoms with van der Waals surface area (Å²) >= 11 is 0. The molecule has 1 heterocycles. The van der Waals surface area contributed by atoms with E-state index in [0.29, 0.717) is 18.7 Å². The minimum atomic E-state index is -3.11. The predicted octanol–water partition coefficient (Wildman–Crippen LogP) is 1.74. The number of benzene rings is 1. The van der Waals surface area contributed by atoms with Crippen LogP contribution < -0.4 is 5.32 Å². The van der Waals surface area contributed by atoms with Crippen LogP contribution in [0, 0.1) is 17.0 Å². The third-order valence-corrected chi connectivity index (χ3v) is 4.99. The Kier molecular flexibility index (Phi) is 4.48. The molecule has 0 unspecified atom stereocenters. The average molecular weight is 313 g/mol. The number of hydrogen-bond acceptors (Lipinski definition) is 5. The van der Waals surface area contributed by atoms with E-state index in [0.717, 1.165) is 18.5 Å². The van der Waals surface area contributed by atoms with Gasteiger partial charge >= 0.3 is 0 Å². The second-order valence-electron chi connectivity index (χ2n) is 5.34. The van der Waals surface area contributed by atoms with Crippen LogP contribution >= 0.6 is 0 Å². The van der Waals surface area contributed by atoms with Gasteiger partial charge in [0.2, 0.25) is 10.0 Å². The Hall–Kier alpha value is -1.67. The Bertz CT molecular complexity index is 637. The van der Waals surface area contributed by atoms with Crippen molar-refractivity contribution in [2.45, 2.75) is 25.8 Å². The van der Waals surface area contributed by atoms with Crippen molar-refractivity contribution in [2.24, 2.45) is 0 Å². The minimum absolute atomic E-state index is 0.104. The minimum Gasteiger partial charge on any atom is -0.382 e. The van der Waals surface area contributed by atoms with Crippen LogP contribution in [0.2, 0.25) is 0 Å². The second-order valence-corrected chi connectivity index (χ2v) is 7.32. The van der Waals surface area contributed by atoms with Gasteiger partial charge in [0.05, 0.1) is 11.2 Å². The van der Waals surface area contributed by atoms with Gasteiger partial charge in [0.25, 0.3) is 5.69 Å². The van der Waals surface area contributed by atoms with Crippen molar-refractivity contribution in [3.8, 4) is 0 Å². The summed E-state index contributed by atoms with van der Waals surface area (Å²) in [4.78, 5) is 10.4. The van der Waals surface area contributed by atoms with E-state index in [4.69, 9.17) is 0 Å². The molecule has 8 heteroatoms. The second kappa shape index (κ2) is 5.98. The molecule has 2 rings (SSSR count). The lowest BCUT2D eigenvalue weighted by molar-refractivity contribution is -0.385. The number of nitrogens with one attached hydrogen (secondary N) is 1. The lowest BCUT2D eigenvalue weighted by Gasteiger charge is -2.31. The summed E-state index contributed by atoms with van der Waals surface area (Å²) in [6, 6.07) is 5.11. The molecule has 1 aromatic rings. The van der Waals surface area contributed by atoms with Crippen LogP contribution in [0.25, 0.3) is 0 Å². The van der Waals surface area contributed by atoms with Crippen LogP contribution in [-0.2, 0) is 10.0 Å². The highest BCUT2D eigenvalue weighted by Crippen LogP contribution is 2.24. The number of aryl methyl sites for hydroxylation is 1. The molecule has 0 bridgehead atoms. The van der Waals surface area contributed by atoms with E-state index in [9.17, 15) is 18.5 Å². The molecule has 0 saturated carbocycles. The number of rotatable bonds is 4. The van der Waals surface area contributed by atoms with Crippen molar-refractivity contribution in [3.05, 3.63) is 33.9 Å². The molecule has 7 nitrogen and oxygen atoms in total. The quantitative estimate of drug-likeness (QED) is 0.675. The summed E-state index contributed by atoms with van der Waals surface area (Å²) in [5, 5.41) is 14.1. The van der Waals surface area contributed by atoms with Crippen molar-refractivity contribution in [3.63, 3.8) is 0 Å². The fourth-order valence-corrected chi connectivity index (χ4v) is 3.39. The van der Waals surface area contributed by atoms with Crippen molar-refractivity contribution < 1.29 is 13.3 Å². The Morgan fingerprint density at radius 2 is 1.95 bits per heavy atom. The SMILES string of the molecule is Cc1cc(NC2CCN(S(C)(=O)=O)CC2)ccc1[N+](=O)[O-]. The zero-order chi connectivity index (χ0) is 15.6. The first-order valence-electron chi connectivity index (χ1n) is 6.74. The Morgan fingerprint density at radius 3 is 2.43 bits per heavy atom. The lowest BCUT2D eigenvalue weighted by Crippen LogP contribution is -2.41. The molecule has 1 N–H and O–H groups in total. The molecule has 0 aromatic heterocycles. The number of nitro groups is 1. The van der Waals surface area contributed by atoms with Gasteiger partial charge < -0.3 is 5.32 Å². The van der Waals surface area contributed by atoms with E-state index >= 15 is 0 Å². The zero-order valence-electron chi connectivity index (χ0n) is 12.1. The number of hydrogen-bond donors (Lipinski definition) is 1. The maximum absolute atomic E-state index is 11.4. The predicted molar refractivity (Wildman–Crippen MR) is 80.9 cm³/mol. The highest BCUT2D eigenvalue weighted by atomic mass is 32.2. The number of nitro benzene ring substituents is 1. The van der Waals surface area contributed by atoms with E-state index in [2.05, 4.69) is 5.32 Å². The average Bonchev–Trinajstić information content (AvgIpc) is 2.38. The van der Waals surface area contributed by atoms with Crippen LogP contribution in [-0.4, -0.2) is 43.0 Å². The molecule has 1 saturated heterocycles.